The Morgan fingerprint density at radius 2 is 2.36 bits per heavy atom. The predicted octanol–water partition coefficient (Wildman–Crippen LogP) is 1.75. The van der Waals surface area contributed by atoms with Gasteiger partial charge in [0, 0.05) is 18.7 Å². The SMILES string of the molecule is CCC1CCN(C/C=C(/C)C(=O)O)C1. The summed E-state index contributed by atoms with van der Waals surface area (Å²) in [6.45, 7) is 6.89. The van der Waals surface area contributed by atoms with Crippen LogP contribution in [0.25, 0.3) is 0 Å². The van der Waals surface area contributed by atoms with Gasteiger partial charge in [0.25, 0.3) is 0 Å². The normalized spacial score (nSPS) is 24.1. The third kappa shape index (κ3) is 3.14. The number of carboxylic acids is 1. The molecule has 3 heteroatoms. The van der Waals surface area contributed by atoms with Crippen molar-refractivity contribution in [2.24, 2.45) is 5.92 Å². The number of nitrogens with zero attached hydrogens (tertiary/aromatic N) is 1. The molecule has 0 aromatic heterocycles. The summed E-state index contributed by atoms with van der Waals surface area (Å²) in [4.78, 5) is 12.9. The smallest absolute Gasteiger partial charge is 0.330 e. The Bertz CT molecular complexity index is 235. The van der Waals surface area contributed by atoms with Crippen molar-refractivity contribution in [2.75, 3.05) is 19.6 Å². The average Bonchev–Trinajstić information content (AvgIpc) is 2.61. The molecule has 1 aliphatic rings. The van der Waals surface area contributed by atoms with Crippen molar-refractivity contribution in [1.29, 1.82) is 0 Å². The fraction of sp³-hybridized carbons (Fsp3) is 0.727. The zero-order valence-electron chi connectivity index (χ0n) is 8.99. The molecule has 0 bridgehead atoms. The molecule has 0 aromatic carbocycles. The minimum Gasteiger partial charge on any atom is -0.478 e. The maximum Gasteiger partial charge on any atom is 0.330 e. The quantitative estimate of drug-likeness (QED) is 0.698. The minimum absolute atomic E-state index is 0.449. The lowest BCUT2D eigenvalue weighted by Gasteiger charge is -2.12. The lowest BCUT2D eigenvalue weighted by atomic mass is 10.1. The van der Waals surface area contributed by atoms with Crippen LogP contribution in [0.2, 0.25) is 0 Å². The molecule has 1 N–H and O–H groups in total. The van der Waals surface area contributed by atoms with Crippen molar-refractivity contribution in [2.45, 2.75) is 26.7 Å². The standard InChI is InChI=1S/C11H19NO2/c1-3-10-5-7-12(8-10)6-4-9(2)11(13)14/h4,10H,3,5-8H2,1-2H3,(H,13,14)/b9-4-. The van der Waals surface area contributed by atoms with Gasteiger partial charge in [0.05, 0.1) is 0 Å². The number of carboxylic acid groups (broad SMARTS) is 1. The number of hydrogen-bond acceptors (Lipinski definition) is 2. The summed E-state index contributed by atoms with van der Waals surface area (Å²) in [5.74, 6) is 0.00442. The molecule has 0 saturated carbocycles. The molecule has 0 spiro atoms. The molecule has 14 heavy (non-hydrogen) atoms. The zero-order chi connectivity index (χ0) is 10.6. The third-order valence-corrected chi connectivity index (χ3v) is 2.94. The first-order valence-electron chi connectivity index (χ1n) is 5.26. The number of carbonyl (C=O) groups is 1. The molecule has 0 aliphatic carbocycles. The van der Waals surface area contributed by atoms with Crippen molar-refractivity contribution < 1.29 is 9.90 Å². The number of hydrogen-bond donors (Lipinski definition) is 1. The zero-order valence-corrected chi connectivity index (χ0v) is 8.99. The van der Waals surface area contributed by atoms with Gasteiger partial charge in [-0.1, -0.05) is 19.4 Å². The van der Waals surface area contributed by atoms with E-state index in [1.807, 2.05) is 0 Å². The van der Waals surface area contributed by atoms with E-state index in [1.54, 1.807) is 13.0 Å². The average molecular weight is 197 g/mol. The molecule has 1 aliphatic heterocycles. The number of likely N-dealkylation sites (tertiary alicyclic amines) is 1. The van der Waals surface area contributed by atoms with E-state index in [9.17, 15) is 4.79 Å². The summed E-state index contributed by atoms with van der Waals surface area (Å²) in [6.07, 6.45) is 4.30. The summed E-state index contributed by atoms with van der Waals surface area (Å²) in [6, 6.07) is 0. The van der Waals surface area contributed by atoms with E-state index < -0.39 is 5.97 Å². The van der Waals surface area contributed by atoms with Gasteiger partial charge in [0.15, 0.2) is 0 Å². The van der Waals surface area contributed by atoms with Crippen LogP contribution in [-0.4, -0.2) is 35.6 Å². The van der Waals surface area contributed by atoms with E-state index in [0.717, 1.165) is 25.6 Å². The number of rotatable bonds is 4. The lowest BCUT2D eigenvalue weighted by molar-refractivity contribution is -0.132. The Labute approximate surface area is 85.4 Å². The monoisotopic (exact) mass is 197 g/mol. The van der Waals surface area contributed by atoms with Gasteiger partial charge >= 0.3 is 5.97 Å². The van der Waals surface area contributed by atoms with Crippen LogP contribution >= 0.6 is 0 Å². The summed E-state index contributed by atoms with van der Waals surface area (Å²) in [5.41, 5.74) is 0.449. The second kappa shape index (κ2) is 5.15. The van der Waals surface area contributed by atoms with Crippen LogP contribution in [0, 0.1) is 5.92 Å². The molecular formula is C11H19NO2. The molecule has 3 nitrogen and oxygen atoms in total. The number of aliphatic carboxylic acids is 1. The van der Waals surface area contributed by atoms with Crippen LogP contribution in [0.15, 0.2) is 11.6 Å². The first-order chi connectivity index (χ1) is 6.63. The second-order valence-corrected chi connectivity index (χ2v) is 4.01. The van der Waals surface area contributed by atoms with Crippen molar-refractivity contribution >= 4 is 5.97 Å². The van der Waals surface area contributed by atoms with Gasteiger partial charge in [-0.15, -0.1) is 0 Å². The molecular weight excluding hydrogens is 178 g/mol. The molecule has 1 heterocycles. The van der Waals surface area contributed by atoms with Crippen LogP contribution in [-0.2, 0) is 4.79 Å². The molecule has 0 radical (unpaired) electrons. The molecule has 80 valence electrons. The summed E-state index contributed by atoms with van der Waals surface area (Å²) in [5, 5.41) is 8.67. The van der Waals surface area contributed by atoms with Gasteiger partial charge in [-0.2, -0.15) is 0 Å². The summed E-state index contributed by atoms with van der Waals surface area (Å²) >= 11 is 0. The molecule has 0 aromatic rings. The fourth-order valence-corrected chi connectivity index (χ4v) is 1.77. The minimum atomic E-state index is -0.809. The Kier molecular flexibility index (Phi) is 4.14. The predicted molar refractivity (Wildman–Crippen MR) is 56.2 cm³/mol. The highest BCUT2D eigenvalue weighted by Crippen LogP contribution is 2.18. The van der Waals surface area contributed by atoms with E-state index in [1.165, 1.54) is 12.8 Å². The molecule has 1 fully saturated rings. The Morgan fingerprint density at radius 3 is 2.86 bits per heavy atom. The maximum atomic E-state index is 10.5. The highest BCUT2D eigenvalue weighted by molar-refractivity contribution is 5.85. The topological polar surface area (TPSA) is 40.5 Å². The first kappa shape index (κ1) is 11.2. The first-order valence-corrected chi connectivity index (χ1v) is 5.26. The summed E-state index contributed by atoms with van der Waals surface area (Å²) < 4.78 is 0. The van der Waals surface area contributed by atoms with Gasteiger partial charge < -0.3 is 5.11 Å². The van der Waals surface area contributed by atoms with Crippen molar-refractivity contribution in [3.63, 3.8) is 0 Å². The van der Waals surface area contributed by atoms with Gasteiger partial charge in [0.2, 0.25) is 0 Å². The van der Waals surface area contributed by atoms with Gasteiger partial charge in [-0.3, -0.25) is 4.90 Å². The third-order valence-electron chi connectivity index (χ3n) is 2.94. The highest BCUT2D eigenvalue weighted by Gasteiger charge is 2.19. The van der Waals surface area contributed by atoms with Crippen molar-refractivity contribution in [3.8, 4) is 0 Å². The van der Waals surface area contributed by atoms with Gasteiger partial charge in [-0.05, 0) is 25.8 Å². The van der Waals surface area contributed by atoms with Crippen LogP contribution in [0.1, 0.15) is 26.7 Å². The van der Waals surface area contributed by atoms with E-state index in [4.69, 9.17) is 5.11 Å². The highest BCUT2D eigenvalue weighted by atomic mass is 16.4. The second-order valence-electron chi connectivity index (χ2n) is 4.01. The van der Waals surface area contributed by atoms with Crippen LogP contribution in [0.3, 0.4) is 0 Å². The van der Waals surface area contributed by atoms with Crippen LogP contribution in [0.4, 0.5) is 0 Å². The Balaban J connectivity index is 2.33. The van der Waals surface area contributed by atoms with Crippen molar-refractivity contribution in [1.82, 2.24) is 4.90 Å². The van der Waals surface area contributed by atoms with Crippen molar-refractivity contribution in [3.05, 3.63) is 11.6 Å². The van der Waals surface area contributed by atoms with Gasteiger partial charge in [0.1, 0.15) is 0 Å². The maximum absolute atomic E-state index is 10.5. The van der Waals surface area contributed by atoms with E-state index in [2.05, 4.69) is 11.8 Å². The van der Waals surface area contributed by atoms with E-state index in [-0.39, 0.29) is 0 Å². The van der Waals surface area contributed by atoms with Gasteiger partial charge in [-0.25, -0.2) is 4.79 Å². The molecule has 1 rings (SSSR count). The van der Waals surface area contributed by atoms with E-state index in [0.29, 0.717) is 5.57 Å². The molecule has 1 saturated heterocycles. The molecule has 1 unspecified atom stereocenters. The molecule has 0 amide bonds. The Hall–Kier alpha value is -0.830. The summed E-state index contributed by atoms with van der Waals surface area (Å²) in [7, 11) is 0. The van der Waals surface area contributed by atoms with Crippen LogP contribution in [0.5, 0.6) is 0 Å². The lowest BCUT2D eigenvalue weighted by Crippen LogP contribution is -2.21. The van der Waals surface area contributed by atoms with E-state index >= 15 is 0 Å². The fourth-order valence-electron chi connectivity index (χ4n) is 1.77. The van der Waals surface area contributed by atoms with Crippen LogP contribution < -0.4 is 0 Å². The largest absolute Gasteiger partial charge is 0.478 e. The Morgan fingerprint density at radius 1 is 1.64 bits per heavy atom. The molecule has 1 atom stereocenters.